The van der Waals surface area contributed by atoms with Crippen LogP contribution in [0.4, 0.5) is 0 Å². The number of aliphatic hydroxyl groups excluding tert-OH is 1. The predicted octanol–water partition coefficient (Wildman–Crippen LogP) is 6.37. The maximum Gasteiger partial charge on any atom is 0 e. The Hall–Kier alpha value is 4.78. The summed E-state index contributed by atoms with van der Waals surface area (Å²) in [6.07, 6.45) is 1.25. The molecule has 0 aromatic carbocycles. The van der Waals surface area contributed by atoms with Crippen molar-refractivity contribution >= 4 is 108 Å². The smallest absolute Gasteiger partial charge is 0 e. The maximum atomic E-state index is 7.57. The van der Waals surface area contributed by atoms with Gasteiger partial charge in [-0.2, -0.15) is 0 Å². The van der Waals surface area contributed by atoms with E-state index in [9.17, 15) is 0 Å². The van der Waals surface area contributed by atoms with Gasteiger partial charge in [0.25, 0.3) is 0 Å². The molecule has 98 valence electrons. The molecule has 0 aliphatic heterocycles. The molecule has 1 nitrogen and oxygen atoms in total. The van der Waals surface area contributed by atoms with Crippen LogP contribution in [0.15, 0.2) is 0 Å². The zero-order valence-corrected chi connectivity index (χ0v) is 22.7. The summed E-state index contributed by atoms with van der Waals surface area (Å²) in [7, 11) is 0.628. The summed E-state index contributed by atoms with van der Waals surface area (Å²) in [5, 5.41) is 7.57. The first kappa shape index (κ1) is 36.7. The van der Waals surface area contributed by atoms with E-state index in [-0.39, 0.29) is 32.6 Å². The number of aliphatic hydroxyl groups is 1. The molecule has 15 heavy (non-hydrogen) atoms. The minimum Gasteiger partial charge on any atom is 0 e. The fraction of sp³-hybridized carbons (Fsp3) is 0.714. The van der Waals surface area contributed by atoms with Crippen molar-refractivity contribution in [2.75, 3.05) is 6.61 Å². The van der Waals surface area contributed by atoms with Crippen LogP contribution < -0.4 is 0 Å². The summed E-state index contributed by atoms with van der Waals surface area (Å²) in [6.45, 7) is 6.18. The fourth-order valence-corrected chi connectivity index (χ4v) is 0. The van der Waals surface area contributed by atoms with E-state index in [4.69, 9.17) is 5.11 Å². The largest absolute Gasteiger partial charge is 0 e. The third kappa shape index (κ3) is 231. The Morgan fingerprint density at radius 2 is 1.07 bits per heavy atom. The molecular formula is C7H17I5OV2-2. The van der Waals surface area contributed by atoms with Gasteiger partial charge in [-0.1, -0.05) is 20.3 Å². The molecule has 0 aromatic heterocycles. The van der Waals surface area contributed by atoms with Crippen LogP contribution >= 0.6 is 108 Å². The molecule has 0 rings (SSSR count). The van der Waals surface area contributed by atoms with Crippen LogP contribution in [-0.4, -0.2) is 11.7 Å². The van der Waals surface area contributed by atoms with Crippen LogP contribution in [0.2, 0.25) is 0 Å². The van der Waals surface area contributed by atoms with Gasteiger partial charge in [-0.05, 0) is 6.92 Å². The first-order chi connectivity index (χ1) is 5.97. The summed E-state index contributed by atoms with van der Waals surface area (Å²) >= 11 is 11.4. The van der Waals surface area contributed by atoms with E-state index in [0.29, 0.717) is 9.47 Å². The molecule has 0 spiro atoms. The van der Waals surface area contributed by atoms with Crippen molar-refractivity contribution in [3.8, 4) is 0 Å². The van der Waals surface area contributed by atoms with Crippen LogP contribution in [0, 0.1) is 7.36 Å². The van der Waals surface area contributed by atoms with Crippen molar-refractivity contribution < 1.29 is 33.1 Å². The summed E-state index contributed by atoms with van der Waals surface area (Å²) in [5.41, 5.74) is 0. The molecule has 0 aliphatic rings. The van der Waals surface area contributed by atoms with Crippen molar-refractivity contribution in [2.45, 2.75) is 27.2 Å². The van der Waals surface area contributed by atoms with E-state index in [1.54, 1.807) is 6.92 Å². The summed E-state index contributed by atoms with van der Waals surface area (Å²) in [6, 6.07) is 0. The minimum atomic E-state index is 0. The van der Waals surface area contributed by atoms with E-state index >= 15 is 0 Å². The quantitative estimate of drug-likeness (QED) is 0.222. The SMILES string of the molecule is CCC.CCO.I[C-](I)I.[CH3-].[I][V][I].[V]. The van der Waals surface area contributed by atoms with Crippen molar-refractivity contribution in [3.63, 3.8) is 0 Å². The predicted molar refractivity (Wildman–Crippen MR) is 108 cm³/mol. The van der Waals surface area contributed by atoms with Crippen molar-refractivity contribution in [1.29, 1.82) is 0 Å². The monoisotopic (exact) mass is 854 g/mol. The summed E-state index contributed by atoms with van der Waals surface area (Å²) < 4.78 is 1.33. The van der Waals surface area contributed by atoms with Crippen LogP contribution in [0.25, 0.3) is 0 Å². The Bertz CT molecular complexity index is 46.9. The van der Waals surface area contributed by atoms with Gasteiger partial charge in [0.2, 0.25) is 0 Å². The molecule has 0 aliphatic carbocycles. The molecule has 0 fully saturated rings. The van der Waals surface area contributed by atoms with Gasteiger partial charge in [-0.3, -0.25) is 67.8 Å². The van der Waals surface area contributed by atoms with Gasteiger partial charge in [-0.15, -0.1) is -0.0619 Å². The van der Waals surface area contributed by atoms with Gasteiger partial charge < -0.3 is 12.5 Å². The number of hydrogen-bond donors (Lipinski definition) is 1. The second kappa shape index (κ2) is 51.1. The third-order valence-electron chi connectivity index (χ3n) is 0. The van der Waals surface area contributed by atoms with E-state index in [1.165, 1.54) is 6.36 Å². The van der Waals surface area contributed by atoms with Gasteiger partial charge in [0.15, 0.2) is 0 Å². The molecule has 0 unspecified atom stereocenters. The van der Waals surface area contributed by atoms with Gasteiger partial charge in [0, 0.05) is 25.2 Å². The molecule has 1 N–H and O–H groups in total. The number of hydrogen-bond acceptors (Lipinski definition) is 1. The number of rotatable bonds is 0. The van der Waals surface area contributed by atoms with Gasteiger partial charge in [0.05, 0.1) is 0 Å². The zero-order valence-electron chi connectivity index (χ0n) is 9.15. The molecule has 0 atom stereocenters. The third-order valence-corrected chi connectivity index (χ3v) is 0. The van der Waals surface area contributed by atoms with Gasteiger partial charge in [0.1, 0.15) is 0 Å². The van der Waals surface area contributed by atoms with E-state index in [2.05, 4.69) is 122 Å². The van der Waals surface area contributed by atoms with Crippen molar-refractivity contribution in [2.24, 2.45) is 0 Å². The van der Waals surface area contributed by atoms with E-state index in [1.807, 2.05) is 0 Å². The Kier molecular flexibility index (Phi) is 125. The maximum absolute atomic E-state index is 7.57. The Morgan fingerprint density at radius 1 is 1.07 bits per heavy atom. The van der Waals surface area contributed by atoms with Gasteiger partial charge >= 0.3 is 49.4 Å². The second-order valence-electron chi connectivity index (χ2n) is 1.30. The summed E-state index contributed by atoms with van der Waals surface area (Å²) in [5.74, 6) is 0. The van der Waals surface area contributed by atoms with Gasteiger partial charge in [-0.25, -0.2) is 0 Å². The molecular weight excluding hydrogens is 836 g/mol. The molecule has 0 bridgehead atoms. The van der Waals surface area contributed by atoms with E-state index in [0.717, 1.165) is 0 Å². The van der Waals surface area contributed by atoms with Crippen LogP contribution in [0.3, 0.4) is 0 Å². The van der Waals surface area contributed by atoms with Crippen LogP contribution in [0.5, 0.6) is 0 Å². The van der Waals surface area contributed by atoms with E-state index < -0.39 is 0 Å². The Labute approximate surface area is 178 Å². The topological polar surface area (TPSA) is 20.2 Å². The first-order valence-corrected chi connectivity index (χ1v) is 15.6. The molecule has 0 aromatic rings. The zero-order chi connectivity index (χ0) is 11.7. The average molecular weight is 854 g/mol. The molecule has 0 heterocycles. The van der Waals surface area contributed by atoms with Crippen LogP contribution in [0.1, 0.15) is 27.2 Å². The molecule has 1 radical (unpaired) electrons. The Balaban J connectivity index is -0.0000000174. The normalized spacial score (nSPS) is 5.73. The minimum absolute atomic E-state index is 0. The fourth-order valence-electron chi connectivity index (χ4n) is 0. The van der Waals surface area contributed by atoms with Crippen LogP contribution in [-0.2, 0) is 28.0 Å². The molecule has 0 saturated heterocycles. The average Bonchev–Trinajstić information content (AvgIpc) is 1.88. The number of halogens is 5. The standard InChI is InChI=1S/C3H8.C2H6O.CI3.CH3.2HI.2V/c1-3-2;1-2-3;2-1(3)4;;;;;/h3H2,1-2H3;3H,2H2,1H3;;1H3;2*1H;;/q;;2*-1;;;;+2/p-2. The first-order valence-electron chi connectivity index (χ1n) is 3.34. The van der Waals surface area contributed by atoms with Crippen molar-refractivity contribution in [1.82, 2.24) is 0 Å². The second-order valence-corrected chi connectivity index (χ2v) is 22.5. The molecule has 0 amide bonds. The molecule has 0 saturated carbocycles. The molecule has 8 heteroatoms. The Morgan fingerprint density at radius 3 is 1.07 bits per heavy atom. The summed E-state index contributed by atoms with van der Waals surface area (Å²) in [4.78, 5) is 0. The van der Waals surface area contributed by atoms with Crippen molar-refractivity contribution in [3.05, 3.63) is 7.36 Å².